The van der Waals surface area contributed by atoms with Crippen LogP contribution < -0.4 is 5.73 Å². The molecule has 1 amide bonds. The summed E-state index contributed by atoms with van der Waals surface area (Å²) in [6.07, 6.45) is 3.83. The molecule has 1 fully saturated rings. The summed E-state index contributed by atoms with van der Waals surface area (Å²) in [7, 11) is 1.86. The minimum atomic E-state index is -0.0712. The van der Waals surface area contributed by atoms with Gasteiger partial charge < -0.3 is 15.1 Å². The third-order valence-electron chi connectivity index (χ3n) is 4.85. The van der Waals surface area contributed by atoms with E-state index in [1.807, 2.05) is 44.3 Å². The van der Waals surface area contributed by atoms with Gasteiger partial charge in [0.15, 0.2) is 0 Å². The van der Waals surface area contributed by atoms with Gasteiger partial charge >= 0.3 is 0 Å². The van der Waals surface area contributed by atoms with Crippen LogP contribution in [0.3, 0.4) is 0 Å². The van der Waals surface area contributed by atoms with Gasteiger partial charge in [0.2, 0.25) is 5.91 Å². The summed E-state index contributed by atoms with van der Waals surface area (Å²) >= 11 is 0. The molecular formula is C18H24N2O2. The highest BCUT2D eigenvalue weighted by Gasteiger charge is 2.30. The number of nitrogens with zero attached hydrogens (tertiary/aromatic N) is 1. The molecular weight excluding hydrogens is 276 g/mol. The predicted molar refractivity (Wildman–Crippen MR) is 87.3 cm³/mol. The molecule has 3 atom stereocenters. The van der Waals surface area contributed by atoms with Gasteiger partial charge in [0.25, 0.3) is 0 Å². The Kier molecular flexibility index (Phi) is 4.21. The number of amides is 1. The standard InChI is InChI=1S/C18H24N2O2/c1-12(17-11-13-6-3-4-9-16(13)22-17)20(2)18(21)14-7-5-8-15(19)10-14/h3-4,6,9,11-12,14-15H,5,7-8,10,19H2,1-2H3. The van der Waals surface area contributed by atoms with Crippen molar-refractivity contribution in [1.82, 2.24) is 4.90 Å². The number of rotatable bonds is 3. The first-order chi connectivity index (χ1) is 10.6. The van der Waals surface area contributed by atoms with Crippen molar-refractivity contribution in [2.24, 2.45) is 11.7 Å². The van der Waals surface area contributed by atoms with E-state index < -0.39 is 0 Å². The molecule has 1 saturated carbocycles. The Morgan fingerprint density at radius 3 is 2.86 bits per heavy atom. The second-order valence-corrected chi connectivity index (χ2v) is 6.44. The molecule has 118 valence electrons. The highest BCUT2D eigenvalue weighted by Crippen LogP contribution is 2.30. The summed E-state index contributed by atoms with van der Waals surface area (Å²) in [6, 6.07) is 10.0. The van der Waals surface area contributed by atoms with Crippen LogP contribution in [0, 0.1) is 5.92 Å². The first kappa shape index (κ1) is 15.1. The van der Waals surface area contributed by atoms with Gasteiger partial charge in [-0.25, -0.2) is 0 Å². The lowest BCUT2D eigenvalue weighted by molar-refractivity contribution is -0.137. The molecule has 0 bridgehead atoms. The van der Waals surface area contributed by atoms with E-state index in [4.69, 9.17) is 10.2 Å². The second-order valence-electron chi connectivity index (χ2n) is 6.44. The van der Waals surface area contributed by atoms with Gasteiger partial charge in [-0.3, -0.25) is 4.79 Å². The molecule has 1 aliphatic rings. The monoisotopic (exact) mass is 300 g/mol. The van der Waals surface area contributed by atoms with E-state index in [0.29, 0.717) is 0 Å². The molecule has 2 N–H and O–H groups in total. The second kappa shape index (κ2) is 6.13. The van der Waals surface area contributed by atoms with Crippen LogP contribution >= 0.6 is 0 Å². The van der Waals surface area contributed by atoms with E-state index in [0.717, 1.165) is 42.4 Å². The summed E-state index contributed by atoms with van der Waals surface area (Å²) in [5.74, 6) is 1.07. The van der Waals surface area contributed by atoms with Crippen molar-refractivity contribution in [3.05, 3.63) is 36.1 Å². The van der Waals surface area contributed by atoms with Crippen molar-refractivity contribution in [1.29, 1.82) is 0 Å². The average molecular weight is 300 g/mol. The average Bonchev–Trinajstić information content (AvgIpc) is 2.96. The molecule has 0 aliphatic heterocycles. The molecule has 1 aliphatic carbocycles. The first-order valence-electron chi connectivity index (χ1n) is 8.07. The maximum atomic E-state index is 12.7. The molecule has 4 nitrogen and oxygen atoms in total. The number of carbonyl (C=O) groups is 1. The Bertz CT molecular complexity index is 631. The fraction of sp³-hybridized carbons (Fsp3) is 0.500. The Morgan fingerprint density at radius 2 is 2.14 bits per heavy atom. The van der Waals surface area contributed by atoms with Crippen molar-refractivity contribution in [3.8, 4) is 0 Å². The fourth-order valence-corrected chi connectivity index (χ4v) is 3.33. The van der Waals surface area contributed by atoms with Crippen LogP contribution in [0.15, 0.2) is 34.7 Å². The SMILES string of the molecule is CC(c1cc2ccccc2o1)N(C)C(=O)C1CCCC(N)C1. The Morgan fingerprint density at radius 1 is 1.36 bits per heavy atom. The van der Waals surface area contributed by atoms with E-state index in [1.54, 1.807) is 4.90 Å². The number of nitrogens with two attached hydrogens (primary N) is 1. The molecule has 0 spiro atoms. The van der Waals surface area contributed by atoms with Crippen LogP contribution in [0.2, 0.25) is 0 Å². The molecule has 0 radical (unpaired) electrons. The number of furan rings is 1. The predicted octanol–water partition coefficient (Wildman–Crippen LogP) is 3.47. The quantitative estimate of drug-likeness (QED) is 0.944. The zero-order valence-electron chi connectivity index (χ0n) is 13.3. The van der Waals surface area contributed by atoms with Crippen LogP contribution in [0.1, 0.15) is 44.4 Å². The van der Waals surface area contributed by atoms with Gasteiger partial charge in [0.05, 0.1) is 6.04 Å². The molecule has 2 aromatic rings. The van der Waals surface area contributed by atoms with Crippen molar-refractivity contribution >= 4 is 16.9 Å². The van der Waals surface area contributed by atoms with Gasteiger partial charge in [-0.2, -0.15) is 0 Å². The molecule has 3 rings (SSSR count). The van der Waals surface area contributed by atoms with Crippen LogP contribution in [-0.2, 0) is 4.79 Å². The zero-order chi connectivity index (χ0) is 15.7. The largest absolute Gasteiger partial charge is 0.459 e. The third kappa shape index (κ3) is 2.88. The smallest absolute Gasteiger partial charge is 0.226 e. The number of fused-ring (bicyclic) bond motifs is 1. The summed E-state index contributed by atoms with van der Waals surface area (Å²) in [4.78, 5) is 14.5. The van der Waals surface area contributed by atoms with Crippen molar-refractivity contribution in [3.63, 3.8) is 0 Å². The highest BCUT2D eigenvalue weighted by molar-refractivity contribution is 5.80. The molecule has 22 heavy (non-hydrogen) atoms. The third-order valence-corrected chi connectivity index (χ3v) is 4.85. The summed E-state index contributed by atoms with van der Waals surface area (Å²) in [5, 5.41) is 1.07. The van der Waals surface area contributed by atoms with Crippen molar-refractivity contribution < 1.29 is 9.21 Å². The Labute approximate surface area is 131 Å². The van der Waals surface area contributed by atoms with E-state index in [9.17, 15) is 4.79 Å². The maximum Gasteiger partial charge on any atom is 0.226 e. The zero-order valence-corrected chi connectivity index (χ0v) is 13.3. The lowest BCUT2D eigenvalue weighted by Crippen LogP contribution is -2.39. The molecule has 3 unspecified atom stereocenters. The van der Waals surface area contributed by atoms with E-state index >= 15 is 0 Å². The lowest BCUT2D eigenvalue weighted by Gasteiger charge is -2.31. The maximum absolute atomic E-state index is 12.7. The Hall–Kier alpha value is -1.81. The summed E-state index contributed by atoms with van der Waals surface area (Å²) < 4.78 is 5.89. The Balaban J connectivity index is 1.75. The van der Waals surface area contributed by atoms with E-state index in [-0.39, 0.29) is 23.9 Å². The van der Waals surface area contributed by atoms with Crippen LogP contribution in [0.25, 0.3) is 11.0 Å². The van der Waals surface area contributed by atoms with Gasteiger partial charge in [-0.1, -0.05) is 24.6 Å². The van der Waals surface area contributed by atoms with Crippen molar-refractivity contribution in [2.45, 2.75) is 44.7 Å². The van der Waals surface area contributed by atoms with Crippen LogP contribution in [-0.4, -0.2) is 23.9 Å². The van der Waals surface area contributed by atoms with E-state index in [2.05, 4.69) is 0 Å². The number of hydrogen-bond acceptors (Lipinski definition) is 3. The topological polar surface area (TPSA) is 59.5 Å². The van der Waals surface area contributed by atoms with Gasteiger partial charge in [-0.15, -0.1) is 0 Å². The van der Waals surface area contributed by atoms with Crippen molar-refractivity contribution in [2.75, 3.05) is 7.05 Å². The number of hydrogen-bond donors (Lipinski definition) is 1. The minimum Gasteiger partial charge on any atom is -0.459 e. The number of benzene rings is 1. The van der Waals surface area contributed by atoms with Gasteiger partial charge in [0.1, 0.15) is 11.3 Å². The minimum absolute atomic E-state index is 0.0561. The molecule has 1 heterocycles. The number of carbonyl (C=O) groups excluding carboxylic acids is 1. The van der Waals surface area contributed by atoms with Crippen LogP contribution in [0.4, 0.5) is 0 Å². The number of para-hydroxylation sites is 1. The van der Waals surface area contributed by atoms with Gasteiger partial charge in [-0.05, 0) is 38.3 Å². The summed E-state index contributed by atoms with van der Waals surface area (Å²) in [5.41, 5.74) is 6.88. The molecule has 4 heteroatoms. The van der Waals surface area contributed by atoms with E-state index in [1.165, 1.54) is 0 Å². The molecule has 0 saturated heterocycles. The lowest BCUT2D eigenvalue weighted by atomic mass is 9.85. The fourth-order valence-electron chi connectivity index (χ4n) is 3.33. The highest BCUT2D eigenvalue weighted by atomic mass is 16.3. The van der Waals surface area contributed by atoms with Crippen LogP contribution in [0.5, 0.6) is 0 Å². The van der Waals surface area contributed by atoms with Gasteiger partial charge in [0, 0.05) is 24.4 Å². The molecule has 1 aromatic carbocycles. The summed E-state index contributed by atoms with van der Waals surface area (Å²) in [6.45, 7) is 2.01. The molecule has 1 aromatic heterocycles. The first-order valence-corrected chi connectivity index (χ1v) is 8.07. The normalized spacial score (nSPS) is 23.4.